The second-order valence-corrected chi connectivity index (χ2v) is 14.0. The Balaban J connectivity index is 1.08. The highest BCUT2D eigenvalue weighted by Crippen LogP contribution is 2.42. The van der Waals surface area contributed by atoms with Crippen molar-refractivity contribution in [3.63, 3.8) is 0 Å². The summed E-state index contributed by atoms with van der Waals surface area (Å²) in [5.74, 6) is 1.88. The minimum atomic E-state index is 0.611. The van der Waals surface area contributed by atoms with Crippen LogP contribution in [0.5, 0.6) is 0 Å². The molecular weight excluding hydrogens is 685 g/mol. The highest BCUT2D eigenvalue weighted by molar-refractivity contribution is 6.16. The quantitative estimate of drug-likeness (QED) is 0.172. The summed E-state index contributed by atoms with van der Waals surface area (Å²) in [6, 6.07) is 67.5. The Morgan fingerprint density at radius 2 is 0.893 bits per heavy atom. The van der Waals surface area contributed by atoms with Crippen molar-refractivity contribution >= 4 is 43.7 Å². The van der Waals surface area contributed by atoms with E-state index in [-0.39, 0.29) is 0 Å². The predicted octanol–water partition coefficient (Wildman–Crippen LogP) is 13.2. The van der Waals surface area contributed by atoms with Crippen LogP contribution >= 0.6 is 0 Å². The molecule has 0 radical (unpaired) electrons. The van der Waals surface area contributed by atoms with Crippen LogP contribution in [0, 0.1) is 0 Å². The molecule has 0 N–H and O–H groups in total. The molecular formula is C51H32N4O. The lowest BCUT2D eigenvalue weighted by molar-refractivity contribution is 0.670. The van der Waals surface area contributed by atoms with Gasteiger partial charge in [-0.1, -0.05) is 152 Å². The molecule has 0 aliphatic heterocycles. The van der Waals surface area contributed by atoms with Gasteiger partial charge < -0.3 is 8.98 Å². The molecule has 8 aromatic carbocycles. The van der Waals surface area contributed by atoms with Crippen molar-refractivity contribution in [2.75, 3.05) is 0 Å². The van der Waals surface area contributed by atoms with E-state index in [9.17, 15) is 0 Å². The van der Waals surface area contributed by atoms with E-state index < -0.39 is 0 Å². The van der Waals surface area contributed by atoms with Crippen molar-refractivity contribution in [3.05, 3.63) is 194 Å². The maximum atomic E-state index is 6.71. The van der Waals surface area contributed by atoms with Gasteiger partial charge in [-0.05, 0) is 53.6 Å². The second kappa shape index (κ2) is 13.0. The van der Waals surface area contributed by atoms with Crippen LogP contribution in [0.1, 0.15) is 0 Å². The van der Waals surface area contributed by atoms with Gasteiger partial charge in [-0.2, -0.15) is 0 Å². The average molecular weight is 717 g/mol. The lowest BCUT2D eigenvalue weighted by Crippen LogP contribution is -2.00. The first-order chi connectivity index (χ1) is 27.8. The van der Waals surface area contributed by atoms with Gasteiger partial charge in [0.1, 0.15) is 11.2 Å². The van der Waals surface area contributed by atoms with Crippen LogP contribution in [0.4, 0.5) is 0 Å². The van der Waals surface area contributed by atoms with Crippen molar-refractivity contribution in [1.82, 2.24) is 19.5 Å². The van der Waals surface area contributed by atoms with E-state index in [2.05, 4.69) is 126 Å². The molecule has 56 heavy (non-hydrogen) atoms. The fourth-order valence-electron chi connectivity index (χ4n) is 8.03. The molecule has 11 aromatic rings. The molecule has 0 fully saturated rings. The van der Waals surface area contributed by atoms with Gasteiger partial charge in [-0.3, -0.25) is 0 Å². The van der Waals surface area contributed by atoms with Gasteiger partial charge in [0.2, 0.25) is 0 Å². The van der Waals surface area contributed by atoms with Gasteiger partial charge >= 0.3 is 0 Å². The third-order valence-electron chi connectivity index (χ3n) is 10.7. The molecule has 11 rings (SSSR count). The first-order valence-corrected chi connectivity index (χ1v) is 18.8. The first-order valence-electron chi connectivity index (χ1n) is 18.8. The Morgan fingerprint density at radius 3 is 1.55 bits per heavy atom. The largest absolute Gasteiger partial charge is 0.455 e. The summed E-state index contributed by atoms with van der Waals surface area (Å²) >= 11 is 0. The normalized spacial score (nSPS) is 11.6. The van der Waals surface area contributed by atoms with E-state index in [4.69, 9.17) is 19.4 Å². The van der Waals surface area contributed by atoms with Crippen molar-refractivity contribution in [3.8, 4) is 62.1 Å². The lowest BCUT2D eigenvalue weighted by atomic mass is 9.99. The Bertz CT molecular complexity index is 3170. The number of hydrogen-bond donors (Lipinski definition) is 0. The van der Waals surface area contributed by atoms with Crippen LogP contribution in [0.2, 0.25) is 0 Å². The number of rotatable bonds is 6. The molecule has 0 amide bonds. The van der Waals surface area contributed by atoms with Crippen molar-refractivity contribution in [2.45, 2.75) is 0 Å². The monoisotopic (exact) mass is 716 g/mol. The Labute approximate surface area is 322 Å². The van der Waals surface area contributed by atoms with Gasteiger partial charge in [0.15, 0.2) is 17.5 Å². The summed E-state index contributed by atoms with van der Waals surface area (Å²) in [7, 11) is 0. The van der Waals surface area contributed by atoms with Crippen LogP contribution in [0.25, 0.3) is 106 Å². The molecule has 0 saturated heterocycles. The summed E-state index contributed by atoms with van der Waals surface area (Å²) in [4.78, 5) is 14.9. The van der Waals surface area contributed by atoms with Crippen LogP contribution in [0.15, 0.2) is 199 Å². The van der Waals surface area contributed by atoms with E-state index >= 15 is 0 Å². The standard InChI is InChI=1S/C51H32N4O/c1-5-15-33(16-6-1)39-23-13-25-41-43-31-36(27-29-45(43)55(47(39)41)38-21-11-4-12-22-38)40-24-14-26-42-44-32-37(28-30-46(44)56-48(40)42)51-53-49(34-17-7-2-8-18-34)52-50(54-51)35-19-9-3-10-20-35/h1-32H. The number of hydrogen-bond acceptors (Lipinski definition) is 4. The van der Waals surface area contributed by atoms with Crippen LogP contribution in [0.3, 0.4) is 0 Å². The van der Waals surface area contributed by atoms with Gasteiger partial charge in [0.25, 0.3) is 0 Å². The number of nitrogens with zero attached hydrogens (tertiary/aromatic N) is 4. The fraction of sp³-hybridized carbons (Fsp3) is 0. The minimum absolute atomic E-state index is 0.611. The molecule has 0 bridgehead atoms. The summed E-state index contributed by atoms with van der Waals surface area (Å²) in [5.41, 5.74) is 12.4. The lowest BCUT2D eigenvalue weighted by Gasteiger charge is -2.11. The smallest absolute Gasteiger partial charge is 0.164 e. The zero-order valence-electron chi connectivity index (χ0n) is 30.2. The fourth-order valence-corrected chi connectivity index (χ4v) is 8.03. The van der Waals surface area contributed by atoms with E-state index in [0.717, 1.165) is 61.0 Å². The molecule has 0 atom stereocenters. The molecule has 5 nitrogen and oxygen atoms in total. The van der Waals surface area contributed by atoms with Gasteiger partial charge in [-0.25, -0.2) is 15.0 Å². The summed E-state index contributed by atoms with van der Waals surface area (Å²) in [6.07, 6.45) is 0. The Kier molecular flexibility index (Phi) is 7.42. The zero-order chi connectivity index (χ0) is 37.0. The first kappa shape index (κ1) is 31.9. The molecule has 5 heteroatoms. The average Bonchev–Trinajstić information content (AvgIpc) is 3.83. The minimum Gasteiger partial charge on any atom is -0.455 e. The topological polar surface area (TPSA) is 56.7 Å². The molecule has 0 aliphatic carbocycles. The van der Waals surface area contributed by atoms with Crippen LogP contribution in [-0.2, 0) is 0 Å². The number of aromatic nitrogens is 4. The molecule has 262 valence electrons. The maximum absolute atomic E-state index is 6.71. The molecule has 0 spiro atoms. The maximum Gasteiger partial charge on any atom is 0.164 e. The zero-order valence-corrected chi connectivity index (χ0v) is 30.2. The third kappa shape index (κ3) is 5.29. The SMILES string of the molecule is c1ccc(-c2nc(-c3ccccc3)nc(-c3ccc4oc5c(-c6ccc7c(c6)c6cccc(-c8ccccc8)c6n7-c6ccccc6)cccc5c4c3)n2)cc1. The number of para-hydroxylation sites is 3. The summed E-state index contributed by atoms with van der Waals surface area (Å²) < 4.78 is 9.10. The molecule has 3 heterocycles. The van der Waals surface area contributed by atoms with Crippen LogP contribution < -0.4 is 0 Å². The Morgan fingerprint density at radius 1 is 0.357 bits per heavy atom. The molecule has 0 aliphatic rings. The molecule has 3 aromatic heterocycles. The molecule has 0 saturated carbocycles. The van der Waals surface area contributed by atoms with E-state index in [1.54, 1.807) is 0 Å². The van der Waals surface area contributed by atoms with Crippen LogP contribution in [-0.4, -0.2) is 19.5 Å². The van der Waals surface area contributed by atoms with Crippen molar-refractivity contribution < 1.29 is 4.42 Å². The highest BCUT2D eigenvalue weighted by atomic mass is 16.3. The van der Waals surface area contributed by atoms with Gasteiger partial charge in [-0.15, -0.1) is 0 Å². The number of furan rings is 1. The van der Waals surface area contributed by atoms with E-state index in [1.165, 1.54) is 27.4 Å². The second-order valence-electron chi connectivity index (χ2n) is 14.0. The van der Waals surface area contributed by atoms with E-state index in [0.29, 0.717) is 17.5 Å². The molecule has 0 unspecified atom stereocenters. The summed E-state index contributed by atoms with van der Waals surface area (Å²) in [6.45, 7) is 0. The van der Waals surface area contributed by atoms with Crippen molar-refractivity contribution in [1.29, 1.82) is 0 Å². The summed E-state index contributed by atoms with van der Waals surface area (Å²) in [5, 5.41) is 4.44. The van der Waals surface area contributed by atoms with E-state index in [1.807, 2.05) is 72.8 Å². The third-order valence-corrected chi connectivity index (χ3v) is 10.7. The predicted molar refractivity (Wildman–Crippen MR) is 229 cm³/mol. The van der Waals surface area contributed by atoms with Gasteiger partial charge in [0, 0.05) is 55.0 Å². The van der Waals surface area contributed by atoms with Crippen molar-refractivity contribution in [2.24, 2.45) is 0 Å². The number of fused-ring (bicyclic) bond motifs is 6. The highest BCUT2D eigenvalue weighted by Gasteiger charge is 2.20. The Hall–Kier alpha value is -7.63. The van der Waals surface area contributed by atoms with Gasteiger partial charge in [0.05, 0.1) is 11.0 Å². The number of benzene rings is 8.